The molecular formula is C37H45NO12. The maximum atomic E-state index is 13.9. The molecular weight excluding hydrogens is 650 g/mol. The number of aliphatic hydroxyl groups is 2. The number of amides is 1. The van der Waals surface area contributed by atoms with E-state index in [-0.39, 0.29) is 28.0 Å². The quantitative estimate of drug-likeness (QED) is 0.329. The SMILES string of the molecule is COC1/C=C\OC2(C)Oc3c(C)c(O)c4c(c3C2=O)C(=O)C=C(NC(=O)/C(C)=C\C=C/C(C)C(O)C(C)C(O)C(C)C(OC(C)=O)C1C)C4=O. The van der Waals surface area contributed by atoms with Crippen LogP contribution in [-0.4, -0.2) is 81.9 Å². The van der Waals surface area contributed by atoms with Crippen LogP contribution < -0.4 is 10.1 Å². The van der Waals surface area contributed by atoms with E-state index in [1.807, 2.05) is 0 Å². The van der Waals surface area contributed by atoms with Crippen molar-refractivity contribution >= 4 is 29.2 Å². The fraction of sp³-hybridized carbons (Fsp3) is 0.486. The average molecular weight is 696 g/mol. The van der Waals surface area contributed by atoms with Gasteiger partial charge in [0, 0.05) is 61.8 Å². The molecule has 4 aliphatic rings. The zero-order valence-electron chi connectivity index (χ0n) is 29.6. The first-order chi connectivity index (χ1) is 23.4. The van der Waals surface area contributed by atoms with E-state index in [2.05, 4.69) is 5.32 Å². The van der Waals surface area contributed by atoms with Crippen LogP contribution in [0.1, 0.15) is 85.1 Å². The Labute approximate surface area is 290 Å². The molecule has 0 aromatic heterocycles. The van der Waals surface area contributed by atoms with Gasteiger partial charge in [-0.25, -0.2) is 0 Å². The number of benzene rings is 1. The lowest BCUT2D eigenvalue weighted by atomic mass is 9.78. The van der Waals surface area contributed by atoms with Gasteiger partial charge in [-0.2, -0.15) is 0 Å². The van der Waals surface area contributed by atoms with E-state index in [1.165, 1.54) is 47.0 Å². The topological polar surface area (TPSA) is 195 Å². The van der Waals surface area contributed by atoms with E-state index in [0.29, 0.717) is 0 Å². The molecule has 0 fully saturated rings. The van der Waals surface area contributed by atoms with Crippen molar-refractivity contribution in [2.75, 3.05) is 7.11 Å². The predicted octanol–water partition coefficient (Wildman–Crippen LogP) is 3.63. The number of aliphatic hydroxyl groups excluding tert-OH is 2. The Kier molecular flexibility index (Phi) is 11.2. The number of carbonyl (C=O) groups excluding carboxylic acids is 5. The Morgan fingerprint density at radius 2 is 1.60 bits per heavy atom. The molecule has 9 atom stereocenters. The molecule has 0 saturated carbocycles. The zero-order chi connectivity index (χ0) is 37.4. The van der Waals surface area contributed by atoms with Crippen LogP contribution >= 0.6 is 0 Å². The van der Waals surface area contributed by atoms with Gasteiger partial charge < -0.3 is 39.6 Å². The molecule has 5 bridgehead atoms. The van der Waals surface area contributed by atoms with Crippen molar-refractivity contribution in [2.45, 2.75) is 85.6 Å². The molecule has 5 rings (SSSR count). The third-order valence-corrected chi connectivity index (χ3v) is 9.80. The molecule has 0 saturated heterocycles. The van der Waals surface area contributed by atoms with Crippen LogP contribution in [0.5, 0.6) is 11.5 Å². The number of fused-ring (bicyclic) bond motifs is 14. The van der Waals surface area contributed by atoms with Crippen LogP contribution in [0.4, 0.5) is 0 Å². The summed E-state index contributed by atoms with van der Waals surface area (Å²) >= 11 is 0. The van der Waals surface area contributed by atoms with Gasteiger partial charge in [-0.3, -0.25) is 24.0 Å². The third-order valence-electron chi connectivity index (χ3n) is 9.80. The maximum Gasteiger partial charge on any atom is 0.312 e. The summed E-state index contributed by atoms with van der Waals surface area (Å²) in [5, 5.41) is 36.1. The van der Waals surface area contributed by atoms with Crippen LogP contribution in [-0.2, 0) is 23.8 Å². The summed E-state index contributed by atoms with van der Waals surface area (Å²) in [5.74, 6) is -8.99. The van der Waals surface area contributed by atoms with E-state index in [4.69, 9.17) is 18.9 Å². The molecule has 13 heteroatoms. The number of methoxy groups -OCH3 is 1. The van der Waals surface area contributed by atoms with E-state index >= 15 is 0 Å². The second-order valence-corrected chi connectivity index (χ2v) is 13.4. The number of ketones is 3. The van der Waals surface area contributed by atoms with Crippen molar-refractivity contribution in [3.8, 4) is 11.5 Å². The second-order valence-electron chi connectivity index (χ2n) is 13.4. The van der Waals surface area contributed by atoms with Crippen LogP contribution in [0.25, 0.3) is 0 Å². The minimum atomic E-state index is -2.03. The first kappa shape index (κ1) is 38.2. The number of phenols is 1. The van der Waals surface area contributed by atoms with Crippen LogP contribution in [0, 0.1) is 30.6 Å². The summed E-state index contributed by atoms with van der Waals surface area (Å²) in [4.78, 5) is 66.2. The molecule has 1 aromatic rings. The molecule has 0 spiro atoms. The van der Waals surface area contributed by atoms with Gasteiger partial charge in [0.25, 0.3) is 11.7 Å². The number of ether oxygens (including phenoxy) is 4. The van der Waals surface area contributed by atoms with Gasteiger partial charge in [0.15, 0.2) is 5.78 Å². The van der Waals surface area contributed by atoms with Gasteiger partial charge in [-0.15, -0.1) is 0 Å². The molecule has 270 valence electrons. The van der Waals surface area contributed by atoms with Crippen molar-refractivity contribution < 1.29 is 58.2 Å². The van der Waals surface area contributed by atoms with Crippen molar-refractivity contribution in [1.82, 2.24) is 5.32 Å². The van der Waals surface area contributed by atoms with Gasteiger partial charge >= 0.3 is 11.8 Å². The molecule has 3 aliphatic heterocycles. The van der Waals surface area contributed by atoms with Crippen LogP contribution in [0.2, 0.25) is 0 Å². The first-order valence-corrected chi connectivity index (χ1v) is 16.4. The third kappa shape index (κ3) is 7.03. The smallest absolute Gasteiger partial charge is 0.312 e. The number of nitrogens with one attached hydrogen (secondary N) is 1. The molecule has 4 N–H and O–H groups in total. The summed E-state index contributed by atoms with van der Waals surface area (Å²) in [6.07, 6.45) is 4.31. The lowest BCUT2D eigenvalue weighted by Crippen LogP contribution is -2.46. The number of hydrogen-bond acceptors (Lipinski definition) is 12. The van der Waals surface area contributed by atoms with E-state index in [0.717, 1.165) is 12.3 Å². The van der Waals surface area contributed by atoms with Crippen molar-refractivity contribution in [3.05, 3.63) is 70.2 Å². The number of allylic oxidation sites excluding steroid dienone is 4. The van der Waals surface area contributed by atoms with Gasteiger partial charge in [0.05, 0.1) is 47.0 Å². The largest absolute Gasteiger partial charge is 0.507 e. The normalized spacial score (nSPS) is 34.5. The summed E-state index contributed by atoms with van der Waals surface area (Å²) in [6.45, 7) is 12.3. The number of phenolic OH excluding ortho intramolecular Hbond substituents is 1. The number of Topliss-reactive ketones (excluding diaryl/α,β-unsaturated/α-hetero) is 2. The fourth-order valence-electron chi connectivity index (χ4n) is 6.62. The van der Waals surface area contributed by atoms with Crippen LogP contribution in [0.3, 0.4) is 0 Å². The van der Waals surface area contributed by atoms with Gasteiger partial charge in [0.1, 0.15) is 17.6 Å². The number of esters is 1. The van der Waals surface area contributed by atoms with Crippen molar-refractivity contribution in [3.63, 3.8) is 0 Å². The summed E-state index contributed by atoms with van der Waals surface area (Å²) in [6, 6.07) is 0. The molecule has 9 unspecified atom stereocenters. The molecule has 3 heterocycles. The average Bonchev–Trinajstić information content (AvgIpc) is 3.33. The highest BCUT2D eigenvalue weighted by Crippen LogP contribution is 2.47. The predicted molar refractivity (Wildman–Crippen MR) is 179 cm³/mol. The molecule has 1 aromatic carbocycles. The summed E-state index contributed by atoms with van der Waals surface area (Å²) in [7, 11) is 1.42. The Morgan fingerprint density at radius 1 is 0.940 bits per heavy atom. The minimum absolute atomic E-state index is 0.00885. The van der Waals surface area contributed by atoms with E-state index in [1.54, 1.807) is 39.8 Å². The number of aromatic hydroxyl groups is 1. The highest BCUT2D eigenvalue weighted by molar-refractivity contribution is 6.30. The molecule has 1 aliphatic carbocycles. The lowest BCUT2D eigenvalue weighted by molar-refractivity contribution is -0.160. The number of carbonyl (C=O) groups is 5. The Balaban J connectivity index is 1.83. The summed E-state index contributed by atoms with van der Waals surface area (Å²) in [5.41, 5.74) is -1.31. The Morgan fingerprint density at radius 3 is 2.22 bits per heavy atom. The Bertz CT molecular complexity index is 1720. The number of hydrogen-bond donors (Lipinski definition) is 4. The minimum Gasteiger partial charge on any atom is -0.507 e. The molecule has 1 amide bonds. The van der Waals surface area contributed by atoms with Crippen LogP contribution in [0.15, 0.2) is 47.9 Å². The van der Waals surface area contributed by atoms with E-state index in [9.17, 15) is 39.3 Å². The summed E-state index contributed by atoms with van der Waals surface area (Å²) < 4.78 is 23.1. The Hall–Kier alpha value is -4.59. The van der Waals surface area contributed by atoms with E-state index < -0.39 is 100 Å². The van der Waals surface area contributed by atoms with Gasteiger partial charge in [-0.1, -0.05) is 45.9 Å². The molecule has 0 radical (unpaired) electrons. The second kappa shape index (κ2) is 14.7. The van der Waals surface area contributed by atoms with Crippen molar-refractivity contribution in [1.29, 1.82) is 0 Å². The highest BCUT2D eigenvalue weighted by atomic mass is 16.7. The van der Waals surface area contributed by atoms with Gasteiger partial charge in [0.2, 0.25) is 5.78 Å². The van der Waals surface area contributed by atoms with Gasteiger partial charge in [-0.05, 0) is 19.9 Å². The zero-order valence-corrected chi connectivity index (χ0v) is 29.6. The highest BCUT2D eigenvalue weighted by Gasteiger charge is 2.51. The van der Waals surface area contributed by atoms with Crippen molar-refractivity contribution in [2.24, 2.45) is 23.7 Å². The monoisotopic (exact) mass is 695 g/mol. The first-order valence-electron chi connectivity index (χ1n) is 16.4. The number of rotatable bonds is 2. The molecule has 50 heavy (non-hydrogen) atoms. The lowest BCUT2D eigenvalue weighted by Gasteiger charge is -2.38. The standard InChI is InChI=1S/C37H45NO12/c1-16-11-10-12-17(2)36(46)38-23-15-24(40)26-27(32(23)44)31(43)21(6)34-28(26)35(45)37(8,50-34)48-14-13-25(47-9)18(3)33(49-22(7)39)20(5)30(42)19(4)29(16)41/h10-16,18-20,25,29-30,33,41-43H,1-9H3,(H,38,46)/b11-10-,14-13-,17-12-. The molecule has 13 nitrogen and oxygen atoms in total. The maximum absolute atomic E-state index is 13.9. The fourth-order valence-corrected chi connectivity index (χ4v) is 6.62.